The summed E-state index contributed by atoms with van der Waals surface area (Å²) in [4.78, 5) is 48.5. The summed E-state index contributed by atoms with van der Waals surface area (Å²) >= 11 is 0. The van der Waals surface area contributed by atoms with Gasteiger partial charge in [0.15, 0.2) is 17.9 Å². The predicted octanol–water partition coefficient (Wildman–Crippen LogP) is 1.87. The number of hydrogen-bond donors (Lipinski definition) is 2. The Morgan fingerprint density at radius 2 is 2.06 bits per heavy atom. The Morgan fingerprint density at radius 1 is 1.29 bits per heavy atom. The summed E-state index contributed by atoms with van der Waals surface area (Å²) in [5, 5.41) is 14.3. The van der Waals surface area contributed by atoms with Crippen molar-refractivity contribution in [2.45, 2.75) is 26.5 Å². The lowest BCUT2D eigenvalue weighted by Gasteiger charge is -2.32. The van der Waals surface area contributed by atoms with E-state index in [0.29, 0.717) is 24.9 Å². The molecular weight excluding hydrogens is 454 g/mol. The standard InChI is InChI=1S/C23H27N7O5/c1-14(2)35-18-8-20(25-10-16(18)9-24)27-23(33)28-22-19(34-4)7-15(17(13-31)26-22)11-30-6-5-29(3)12-21(30)32/h7-8,10,13-14H,5-6,11-12H2,1-4H3,(H2,25,26,27,28,33). The van der Waals surface area contributed by atoms with Crippen LogP contribution in [0.4, 0.5) is 16.4 Å². The molecule has 184 valence electrons. The molecule has 2 aromatic heterocycles. The Bertz CT molecular complexity index is 1160. The minimum atomic E-state index is -0.692. The van der Waals surface area contributed by atoms with Gasteiger partial charge in [0.1, 0.15) is 28.9 Å². The molecule has 0 spiro atoms. The second kappa shape index (κ2) is 11.3. The maximum Gasteiger partial charge on any atom is 0.326 e. The molecule has 2 aromatic rings. The number of aldehydes is 1. The Hall–Kier alpha value is -4.24. The van der Waals surface area contributed by atoms with Crippen LogP contribution < -0.4 is 20.1 Å². The average molecular weight is 482 g/mol. The first-order valence-corrected chi connectivity index (χ1v) is 10.9. The van der Waals surface area contributed by atoms with Crippen LogP contribution in [0.2, 0.25) is 0 Å². The summed E-state index contributed by atoms with van der Waals surface area (Å²) in [6, 6.07) is 4.31. The Balaban J connectivity index is 1.77. The monoisotopic (exact) mass is 481 g/mol. The molecule has 3 amide bonds. The molecule has 12 heteroatoms. The highest BCUT2D eigenvalue weighted by Crippen LogP contribution is 2.27. The van der Waals surface area contributed by atoms with Gasteiger partial charge in [0, 0.05) is 31.3 Å². The lowest BCUT2D eigenvalue weighted by Crippen LogP contribution is -2.48. The molecule has 0 aliphatic carbocycles. The van der Waals surface area contributed by atoms with E-state index in [9.17, 15) is 19.6 Å². The van der Waals surface area contributed by atoms with Crippen LogP contribution in [0.1, 0.15) is 35.5 Å². The lowest BCUT2D eigenvalue weighted by molar-refractivity contribution is -0.136. The fourth-order valence-corrected chi connectivity index (χ4v) is 3.42. The zero-order chi connectivity index (χ0) is 25.5. The Labute approximate surface area is 202 Å². The molecule has 0 unspecified atom stereocenters. The van der Waals surface area contributed by atoms with Gasteiger partial charge in [-0.15, -0.1) is 0 Å². The van der Waals surface area contributed by atoms with E-state index in [2.05, 4.69) is 20.6 Å². The van der Waals surface area contributed by atoms with Crippen molar-refractivity contribution in [2.24, 2.45) is 0 Å². The van der Waals surface area contributed by atoms with Crippen LogP contribution >= 0.6 is 0 Å². The minimum absolute atomic E-state index is 0.0212. The smallest absolute Gasteiger partial charge is 0.326 e. The van der Waals surface area contributed by atoms with Gasteiger partial charge in [0.25, 0.3) is 0 Å². The molecule has 1 aliphatic rings. The fraction of sp³-hybridized carbons (Fsp3) is 0.391. The first kappa shape index (κ1) is 25.4. The number of piperazine rings is 1. The topological polar surface area (TPSA) is 150 Å². The van der Waals surface area contributed by atoms with E-state index >= 15 is 0 Å². The molecule has 2 N–H and O–H groups in total. The number of rotatable bonds is 8. The molecule has 0 aromatic carbocycles. The van der Waals surface area contributed by atoms with Crippen molar-refractivity contribution >= 4 is 29.9 Å². The van der Waals surface area contributed by atoms with Crippen molar-refractivity contribution in [1.29, 1.82) is 5.26 Å². The van der Waals surface area contributed by atoms with Gasteiger partial charge in [-0.3, -0.25) is 25.1 Å². The van der Waals surface area contributed by atoms with Crippen LogP contribution in [0.5, 0.6) is 11.5 Å². The van der Waals surface area contributed by atoms with E-state index < -0.39 is 6.03 Å². The predicted molar refractivity (Wildman–Crippen MR) is 126 cm³/mol. The number of nitrogens with one attached hydrogen (secondary N) is 2. The number of ether oxygens (including phenoxy) is 2. The van der Waals surface area contributed by atoms with Gasteiger partial charge in [-0.1, -0.05) is 0 Å². The summed E-state index contributed by atoms with van der Waals surface area (Å²) in [5.41, 5.74) is 0.819. The van der Waals surface area contributed by atoms with Crippen molar-refractivity contribution in [1.82, 2.24) is 19.8 Å². The first-order chi connectivity index (χ1) is 16.7. The quantitative estimate of drug-likeness (QED) is 0.539. The SMILES string of the molecule is COc1cc(CN2CCN(C)CC2=O)c(C=O)nc1NC(=O)Nc1cc(OC(C)C)c(C#N)cn1. The molecule has 0 saturated carbocycles. The molecule has 3 rings (SSSR count). The number of urea groups is 1. The summed E-state index contributed by atoms with van der Waals surface area (Å²) < 4.78 is 11.0. The van der Waals surface area contributed by atoms with E-state index in [1.807, 2.05) is 31.9 Å². The third-order valence-corrected chi connectivity index (χ3v) is 5.12. The zero-order valence-corrected chi connectivity index (χ0v) is 20.0. The van der Waals surface area contributed by atoms with Crippen molar-refractivity contribution < 1.29 is 23.9 Å². The summed E-state index contributed by atoms with van der Waals surface area (Å²) in [7, 11) is 3.27. The van der Waals surface area contributed by atoms with E-state index in [-0.39, 0.29) is 52.9 Å². The summed E-state index contributed by atoms with van der Waals surface area (Å²) in [6.07, 6.45) is 1.68. The van der Waals surface area contributed by atoms with Crippen LogP contribution in [0, 0.1) is 11.3 Å². The zero-order valence-electron chi connectivity index (χ0n) is 20.0. The number of anilines is 2. The third kappa shape index (κ3) is 6.42. The largest absolute Gasteiger partial charge is 0.493 e. The van der Waals surface area contributed by atoms with Crippen LogP contribution in [-0.4, -0.2) is 77.9 Å². The Morgan fingerprint density at radius 3 is 2.69 bits per heavy atom. The number of amides is 3. The first-order valence-electron chi connectivity index (χ1n) is 10.9. The maximum absolute atomic E-state index is 12.6. The number of nitrogens with zero attached hydrogens (tertiary/aromatic N) is 5. The molecular formula is C23H27N7O5. The van der Waals surface area contributed by atoms with Crippen LogP contribution in [0.15, 0.2) is 18.3 Å². The van der Waals surface area contributed by atoms with Crippen molar-refractivity contribution in [2.75, 3.05) is 44.4 Å². The van der Waals surface area contributed by atoms with E-state index in [1.54, 1.807) is 11.0 Å². The molecule has 0 radical (unpaired) electrons. The lowest BCUT2D eigenvalue weighted by atomic mass is 10.1. The van der Waals surface area contributed by atoms with Crippen molar-refractivity contribution in [3.8, 4) is 17.6 Å². The number of carbonyl (C=O) groups is 3. The molecule has 0 atom stereocenters. The molecule has 0 bridgehead atoms. The normalized spacial score (nSPS) is 13.8. The van der Waals surface area contributed by atoms with E-state index in [0.717, 1.165) is 6.54 Å². The second-order valence-corrected chi connectivity index (χ2v) is 8.18. The molecule has 35 heavy (non-hydrogen) atoms. The van der Waals surface area contributed by atoms with E-state index in [4.69, 9.17) is 9.47 Å². The minimum Gasteiger partial charge on any atom is -0.493 e. The number of pyridine rings is 2. The van der Waals surface area contributed by atoms with E-state index in [1.165, 1.54) is 19.4 Å². The van der Waals surface area contributed by atoms with Gasteiger partial charge < -0.3 is 14.4 Å². The maximum atomic E-state index is 12.6. The van der Waals surface area contributed by atoms with Crippen LogP contribution in [-0.2, 0) is 11.3 Å². The van der Waals surface area contributed by atoms with Gasteiger partial charge in [-0.2, -0.15) is 5.26 Å². The fourth-order valence-electron chi connectivity index (χ4n) is 3.42. The summed E-state index contributed by atoms with van der Waals surface area (Å²) in [6.45, 7) is 5.37. The third-order valence-electron chi connectivity index (χ3n) is 5.12. The second-order valence-electron chi connectivity index (χ2n) is 8.18. The molecule has 12 nitrogen and oxygen atoms in total. The van der Waals surface area contributed by atoms with Crippen LogP contribution in [0.3, 0.4) is 0 Å². The molecule has 3 heterocycles. The van der Waals surface area contributed by atoms with Gasteiger partial charge in [-0.05, 0) is 27.0 Å². The highest BCUT2D eigenvalue weighted by Gasteiger charge is 2.24. The van der Waals surface area contributed by atoms with Gasteiger partial charge in [0.05, 0.1) is 26.0 Å². The number of aromatic nitrogens is 2. The number of hydrogen-bond acceptors (Lipinski definition) is 9. The van der Waals surface area contributed by atoms with Gasteiger partial charge >= 0.3 is 6.03 Å². The Kier molecular flexibility index (Phi) is 8.17. The number of carbonyl (C=O) groups excluding carboxylic acids is 3. The highest BCUT2D eigenvalue weighted by molar-refractivity contribution is 5.99. The van der Waals surface area contributed by atoms with Gasteiger partial charge in [-0.25, -0.2) is 14.8 Å². The molecule has 1 aliphatic heterocycles. The number of methoxy groups -OCH3 is 1. The number of likely N-dealkylation sites (N-methyl/N-ethyl adjacent to an activating group) is 1. The average Bonchev–Trinajstić information content (AvgIpc) is 2.81. The highest BCUT2D eigenvalue weighted by atomic mass is 16.5. The van der Waals surface area contributed by atoms with Crippen LogP contribution in [0.25, 0.3) is 0 Å². The van der Waals surface area contributed by atoms with Crippen molar-refractivity contribution in [3.63, 3.8) is 0 Å². The molecule has 1 fully saturated rings. The van der Waals surface area contributed by atoms with Gasteiger partial charge in [0.2, 0.25) is 5.91 Å². The summed E-state index contributed by atoms with van der Waals surface area (Å²) in [5.74, 6) is 0.630. The van der Waals surface area contributed by atoms with Crippen molar-refractivity contribution in [3.05, 3.63) is 35.2 Å². The molecule has 1 saturated heterocycles. The number of nitriles is 1.